The van der Waals surface area contributed by atoms with Gasteiger partial charge in [-0.05, 0) is 6.92 Å². The third-order valence-electron chi connectivity index (χ3n) is 0.580. The molecule has 3 heteroatoms. The van der Waals surface area contributed by atoms with Gasteiger partial charge in [0.15, 0.2) is 6.29 Å². The third kappa shape index (κ3) is 3.08. The number of hydrogen-bond donors (Lipinski definition) is 1. The van der Waals surface area contributed by atoms with Crippen molar-refractivity contribution in [2.24, 2.45) is 10.7 Å². The summed E-state index contributed by atoms with van der Waals surface area (Å²) in [4.78, 5) is 13.2. The van der Waals surface area contributed by atoms with Gasteiger partial charge < -0.3 is 5.73 Å². The van der Waals surface area contributed by atoms with Gasteiger partial charge in [-0.25, -0.2) is 0 Å². The second kappa shape index (κ2) is 4.05. The number of nitrogens with zero attached hydrogens (tertiary/aromatic N) is 1. The number of aliphatic imine (C=N–C) groups is 1. The molecule has 0 saturated heterocycles. The highest BCUT2D eigenvalue weighted by atomic mass is 16.1. The lowest BCUT2D eigenvalue weighted by atomic mass is 10.5. The fourth-order valence-electron chi connectivity index (χ4n) is 0.191. The van der Waals surface area contributed by atoms with Crippen LogP contribution in [0.2, 0.25) is 0 Å². The lowest BCUT2D eigenvalue weighted by Crippen LogP contribution is -1.81. The highest BCUT2D eigenvalue weighted by Gasteiger charge is 1.73. The summed E-state index contributed by atoms with van der Waals surface area (Å²) in [6.07, 6.45) is 3.09. The molecule has 44 valence electrons. The van der Waals surface area contributed by atoms with Gasteiger partial charge in [-0.1, -0.05) is 0 Å². The number of rotatable bonds is 2. The second-order valence-electron chi connectivity index (χ2n) is 1.22. The summed E-state index contributed by atoms with van der Waals surface area (Å²) in [6.45, 7) is 1.71. The Morgan fingerprint density at radius 1 is 1.75 bits per heavy atom. The highest BCUT2D eigenvalue weighted by molar-refractivity contribution is 6.13. The van der Waals surface area contributed by atoms with Crippen molar-refractivity contribution in [3.8, 4) is 0 Å². The minimum Gasteiger partial charge on any atom is -0.403 e. The Morgan fingerprint density at radius 3 is 2.75 bits per heavy atom. The Bertz CT molecular complexity index is 126. The molecule has 0 rings (SSSR count). The van der Waals surface area contributed by atoms with E-state index in [1.54, 1.807) is 6.92 Å². The zero-order valence-corrected chi connectivity index (χ0v) is 4.66. The molecule has 0 aliphatic rings. The van der Waals surface area contributed by atoms with E-state index < -0.39 is 0 Å². The summed E-state index contributed by atoms with van der Waals surface area (Å²) in [5.74, 6) is 0. The molecule has 0 radical (unpaired) electrons. The van der Waals surface area contributed by atoms with Gasteiger partial charge in [0.05, 0.1) is 11.9 Å². The Hall–Kier alpha value is -1.12. The summed E-state index contributed by atoms with van der Waals surface area (Å²) in [7, 11) is 0. The van der Waals surface area contributed by atoms with Gasteiger partial charge in [0, 0.05) is 6.20 Å². The molecular weight excluding hydrogens is 104 g/mol. The first kappa shape index (κ1) is 6.88. The molecule has 0 aliphatic carbocycles. The quantitative estimate of drug-likeness (QED) is 0.406. The average Bonchev–Trinajstić information content (AvgIpc) is 1.83. The molecule has 2 N–H and O–H groups in total. The fourth-order valence-corrected chi connectivity index (χ4v) is 0.191. The van der Waals surface area contributed by atoms with E-state index in [1.807, 2.05) is 0 Å². The highest BCUT2D eigenvalue weighted by Crippen LogP contribution is 1.85. The topological polar surface area (TPSA) is 55.4 Å². The Labute approximate surface area is 47.9 Å². The van der Waals surface area contributed by atoms with Gasteiger partial charge in [0.2, 0.25) is 0 Å². The first-order chi connectivity index (χ1) is 3.81. The van der Waals surface area contributed by atoms with Gasteiger partial charge in [-0.3, -0.25) is 9.79 Å². The smallest absolute Gasteiger partial charge is 0.161 e. The summed E-state index contributed by atoms with van der Waals surface area (Å²) < 4.78 is 0. The molecule has 0 aromatic heterocycles. The van der Waals surface area contributed by atoms with Crippen molar-refractivity contribution in [2.45, 2.75) is 6.92 Å². The SMILES string of the molecule is C/C(=C/N)N=CC=O. The van der Waals surface area contributed by atoms with Gasteiger partial charge in [-0.15, -0.1) is 0 Å². The molecule has 0 aliphatic heterocycles. The Kier molecular flexibility index (Phi) is 3.48. The van der Waals surface area contributed by atoms with Crippen molar-refractivity contribution in [3.63, 3.8) is 0 Å². The van der Waals surface area contributed by atoms with E-state index in [1.165, 1.54) is 6.20 Å². The molecule has 0 saturated carbocycles. The van der Waals surface area contributed by atoms with Crippen molar-refractivity contribution < 1.29 is 4.79 Å². The van der Waals surface area contributed by atoms with E-state index in [4.69, 9.17) is 5.73 Å². The second-order valence-corrected chi connectivity index (χ2v) is 1.22. The molecule has 0 unspecified atom stereocenters. The van der Waals surface area contributed by atoms with Crippen molar-refractivity contribution in [1.82, 2.24) is 0 Å². The molecule has 0 aromatic carbocycles. The molecular formula is C5H8N2O. The number of allylic oxidation sites excluding steroid dienone is 1. The summed E-state index contributed by atoms with van der Waals surface area (Å²) in [5.41, 5.74) is 5.66. The molecule has 0 amide bonds. The fraction of sp³-hybridized carbons (Fsp3) is 0.200. The van der Waals surface area contributed by atoms with Crippen LogP contribution < -0.4 is 5.73 Å². The maximum Gasteiger partial charge on any atom is 0.161 e. The predicted molar refractivity (Wildman–Crippen MR) is 32.5 cm³/mol. The van der Waals surface area contributed by atoms with E-state index in [-0.39, 0.29) is 0 Å². The van der Waals surface area contributed by atoms with Gasteiger partial charge in [0.25, 0.3) is 0 Å². The number of carbonyl (C=O) groups excluding carboxylic acids is 1. The molecule has 3 nitrogen and oxygen atoms in total. The summed E-state index contributed by atoms with van der Waals surface area (Å²) in [6, 6.07) is 0. The molecule has 8 heavy (non-hydrogen) atoms. The van der Waals surface area contributed by atoms with Gasteiger partial charge >= 0.3 is 0 Å². The van der Waals surface area contributed by atoms with Crippen LogP contribution in [-0.4, -0.2) is 12.5 Å². The molecule has 0 fully saturated rings. The van der Waals surface area contributed by atoms with Crippen LogP contribution in [0.25, 0.3) is 0 Å². The Balaban J connectivity index is 3.69. The average molecular weight is 112 g/mol. The number of carbonyl (C=O) groups is 1. The minimum absolute atomic E-state index is 0.604. The Morgan fingerprint density at radius 2 is 2.38 bits per heavy atom. The van der Waals surface area contributed by atoms with Crippen LogP contribution in [0.5, 0.6) is 0 Å². The van der Waals surface area contributed by atoms with Crippen LogP contribution in [0.4, 0.5) is 0 Å². The molecule has 0 heterocycles. The van der Waals surface area contributed by atoms with Crippen LogP contribution in [0.3, 0.4) is 0 Å². The molecule has 0 aromatic rings. The maximum atomic E-state index is 9.61. The third-order valence-corrected chi connectivity index (χ3v) is 0.580. The minimum atomic E-state index is 0.604. The zero-order valence-electron chi connectivity index (χ0n) is 4.66. The van der Waals surface area contributed by atoms with Crippen molar-refractivity contribution in [1.29, 1.82) is 0 Å². The summed E-state index contributed by atoms with van der Waals surface area (Å²) in [5, 5.41) is 0. The lowest BCUT2D eigenvalue weighted by Gasteiger charge is -1.81. The van der Waals surface area contributed by atoms with Crippen LogP contribution in [0.1, 0.15) is 6.92 Å². The van der Waals surface area contributed by atoms with E-state index in [2.05, 4.69) is 4.99 Å². The van der Waals surface area contributed by atoms with E-state index >= 15 is 0 Å². The standard InChI is InChI=1S/C5H8N2O/c1-5(4-6)7-2-3-8/h2-4H,6H2,1H3/b5-4-,7-2?. The van der Waals surface area contributed by atoms with E-state index in [0.717, 1.165) is 6.21 Å². The van der Waals surface area contributed by atoms with Crippen molar-refractivity contribution in [2.75, 3.05) is 0 Å². The van der Waals surface area contributed by atoms with Crippen LogP contribution in [0, 0.1) is 0 Å². The van der Waals surface area contributed by atoms with Gasteiger partial charge in [-0.2, -0.15) is 0 Å². The number of hydrogen-bond acceptors (Lipinski definition) is 3. The largest absolute Gasteiger partial charge is 0.403 e. The lowest BCUT2D eigenvalue weighted by molar-refractivity contribution is -0.102. The van der Waals surface area contributed by atoms with E-state index in [0.29, 0.717) is 12.0 Å². The van der Waals surface area contributed by atoms with Crippen molar-refractivity contribution >= 4 is 12.5 Å². The first-order valence-corrected chi connectivity index (χ1v) is 2.17. The summed E-state index contributed by atoms with van der Waals surface area (Å²) >= 11 is 0. The molecule has 0 bridgehead atoms. The van der Waals surface area contributed by atoms with Gasteiger partial charge in [0.1, 0.15) is 0 Å². The number of nitrogens with two attached hydrogens (primary N) is 1. The normalized spacial score (nSPS) is 12.4. The zero-order chi connectivity index (χ0) is 6.41. The van der Waals surface area contributed by atoms with E-state index in [9.17, 15) is 4.79 Å². The van der Waals surface area contributed by atoms with Crippen molar-refractivity contribution in [3.05, 3.63) is 11.9 Å². The van der Waals surface area contributed by atoms with Crippen LogP contribution in [0.15, 0.2) is 16.9 Å². The van der Waals surface area contributed by atoms with Crippen LogP contribution >= 0.6 is 0 Å². The van der Waals surface area contributed by atoms with Crippen LogP contribution in [-0.2, 0) is 4.79 Å². The monoisotopic (exact) mass is 112 g/mol. The number of aldehydes is 1. The molecule has 0 spiro atoms. The predicted octanol–water partition coefficient (Wildman–Crippen LogP) is 0.0761. The molecule has 0 atom stereocenters. The first-order valence-electron chi connectivity index (χ1n) is 2.17. The maximum absolute atomic E-state index is 9.61.